The van der Waals surface area contributed by atoms with Gasteiger partial charge in [0.15, 0.2) is 0 Å². The van der Waals surface area contributed by atoms with Crippen LogP contribution in [0.2, 0.25) is 0 Å². The molecule has 2 heterocycles. The number of amides is 2. The first-order valence-electron chi connectivity index (χ1n) is 8.02. The molecule has 0 bridgehead atoms. The van der Waals surface area contributed by atoms with Crippen molar-refractivity contribution in [3.8, 4) is 0 Å². The Morgan fingerprint density at radius 1 is 1.21 bits per heavy atom. The minimum absolute atomic E-state index is 0.0373. The Labute approximate surface area is 139 Å². The predicted molar refractivity (Wildman–Crippen MR) is 88.1 cm³/mol. The van der Waals surface area contributed by atoms with Crippen molar-refractivity contribution in [1.29, 1.82) is 0 Å². The fraction of sp³-hybridized carbons (Fsp3) is 0.263. The molecule has 2 aromatic carbocycles. The van der Waals surface area contributed by atoms with Crippen molar-refractivity contribution in [1.82, 2.24) is 4.90 Å². The first-order valence-corrected chi connectivity index (χ1v) is 8.02. The van der Waals surface area contributed by atoms with Crippen LogP contribution in [0.1, 0.15) is 17.5 Å². The lowest BCUT2D eigenvalue weighted by Gasteiger charge is -2.22. The molecule has 0 saturated carbocycles. The monoisotopic (exact) mass is 324 g/mol. The van der Waals surface area contributed by atoms with Gasteiger partial charge >= 0.3 is 0 Å². The Bertz CT molecular complexity index is 836. The summed E-state index contributed by atoms with van der Waals surface area (Å²) in [6, 6.07) is 13.7. The molecule has 122 valence electrons. The summed E-state index contributed by atoms with van der Waals surface area (Å²) in [6.45, 7) is 0.917. The zero-order valence-corrected chi connectivity index (χ0v) is 13.1. The van der Waals surface area contributed by atoms with Gasteiger partial charge in [-0.3, -0.25) is 9.59 Å². The molecule has 0 aliphatic carbocycles. The van der Waals surface area contributed by atoms with Crippen LogP contribution in [0.4, 0.5) is 10.1 Å². The molecule has 1 fully saturated rings. The number of likely N-dealkylation sites (tertiary alicyclic amines) is 1. The van der Waals surface area contributed by atoms with Gasteiger partial charge in [0, 0.05) is 18.8 Å². The Morgan fingerprint density at radius 3 is 2.88 bits per heavy atom. The highest BCUT2D eigenvalue weighted by Crippen LogP contribution is 2.44. The second-order valence-corrected chi connectivity index (χ2v) is 6.45. The topological polar surface area (TPSA) is 49.4 Å². The van der Waals surface area contributed by atoms with E-state index in [0.29, 0.717) is 25.1 Å². The molecule has 1 spiro atoms. The number of anilines is 1. The van der Waals surface area contributed by atoms with Crippen LogP contribution in [0, 0.1) is 5.82 Å². The summed E-state index contributed by atoms with van der Waals surface area (Å²) in [5.41, 5.74) is 1.81. The summed E-state index contributed by atoms with van der Waals surface area (Å²) in [5.74, 6) is -0.457. The average molecular weight is 324 g/mol. The summed E-state index contributed by atoms with van der Waals surface area (Å²) < 4.78 is 13.3. The van der Waals surface area contributed by atoms with Gasteiger partial charge in [-0.15, -0.1) is 0 Å². The van der Waals surface area contributed by atoms with Gasteiger partial charge < -0.3 is 10.2 Å². The van der Waals surface area contributed by atoms with Gasteiger partial charge in [0.05, 0.1) is 11.8 Å². The van der Waals surface area contributed by atoms with E-state index in [1.165, 1.54) is 12.1 Å². The van der Waals surface area contributed by atoms with E-state index in [-0.39, 0.29) is 24.1 Å². The van der Waals surface area contributed by atoms with E-state index in [1.54, 1.807) is 17.0 Å². The smallest absolute Gasteiger partial charge is 0.236 e. The molecule has 5 heteroatoms. The van der Waals surface area contributed by atoms with Crippen molar-refractivity contribution < 1.29 is 14.0 Å². The van der Waals surface area contributed by atoms with Gasteiger partial charge in [0.2, 0.25) is 11.8 Å². The number of fused-ring (bicyclic) bond motifs is 2. The quantitative estimate of drug-likeness (QED) is 0.923. The van der Waals surface area contributed by atoms with Crippen molar-refractivity contribution in [2.75, 3.05) is 18.4 Å². The Hall–Kier alpha value is -2.69. The van der Waals surface area contributed by atoms with Crippen molar-refractivity contribution in [2.45, 2.75) is 18.3 Å². The van der Waals surface area contributed by atoms with Crippen LogP contribution >= 0.6 is 0 Å². The van der Waals surface area contributed by atoms with Crippen molar-refractivity contribution in [3.05, 3.63) is 65.5 Å². The van der Waals surface area contributed by atoms with Gasteiger partial charge in [-0.2, -0.15) is 0 Å². The fourth-order valence-electron chi connectivity index (χ4n) is 3.73. The maximum atomic E-state index is 13.3. The van der Waals surface area contributed by atoms with E-state index in [9.17, 15) is 14.0 Å². The van der Waals surface area contributed by atoms with Crippen LogP contribution in [0.5, 0.6) is 0 Å². The lowest BCUT2D eigenvalue weighted by Crippen LogP contribution is -2.39. The van der Waals surface area contributed by atoms with Gasteiger partial charge in [0.25, 0.3) is 0 Å². The number of benzene rings is 2. The molecular formula is C19H17FN2O2. The standard InChI is InChI=1S/C19H17FN2O2/c20-14-5-3-4-13(10-14)11-17(23)22-9-8-19(12-22)15-6-1-2-7-16(15)21-18(19)24/h1-7,10H,8-9,11-12H2,(H,21,24). The Balaban J connectivity index is 1.54. The largest absolute Gasteiger partial charge is 0.341 e. The molecule has 2 aliphatic rings. The van der Waals surface area contributed by atoms with E-state index in [4.69, 9.17) is 0 Å². The van der Waals surface area contributed by atoms with Gasteiger partial charge in [-0.05, 0) is 35.7 Å². The lowest BCUT2D eigenvalue weighted by atomic mass is 9.81. The fourth-order valence-corrected chi connectivity index (χ4v) is 3.73. The third-order valence-electron chi connectivity index (χ3n) is 4.99. The third-order valence-corrected chi connectivity index (χ3v) is 4.99. The van der Waals surface area contributed by atoms with Crippen molar-refractivity contribution in [2.24, 2.45) is 0 Å². The van der Waals surface area contributed by atoms with Gasteiger partial charge in [-0.25, -0.2) is 4.39 Å². The molecule has 1 N–H and O–H groups in total. The van der Waals surface area contributed by atoms with Crippen LogP contribution in [0.3, 0.4) is 0 Å². The number of hydrogen-bond donors (Lipinski definition) is 1. The summed E-state index contributed by atoms with van der Waals surface area (Å²) in [7, 11) is 0. The predicted octanol–water partition coefficient (Wildman–Crippen LogP) is 2.49. The van der Waals surface area contributed by atoms with E-state index in [2.05, 4.69) is 5.32 Å². The Morgan fingerprint density at radius 2 is 2.04 bits per heavy atom. The Kier molecular flexibility index (Phi) is 3.37. The van der Waals surface area contributed by atoms with Crippen LogP contribution in [-0.4, -0.2) is 29.8 Å². The SMILES string of the molecule is O=C(Cc1cccc(F)c1)N1CCC2(C1)C(=O)Nc1ccccc12. The van der Waals surface area contributed by atoms with Crippen LogP contribution in [-0.2, 0) is 21.4 Å². The molecule has 1 unspecified atom stereocenters. The number of para-hydroxylation sites is 1. The van der Waals surface area contributed by atoms with Crippen LogP contribution in [0.25, 0.3) is 0 Å². The minimum Gasteiger partial charge on any atom is -0.341 e. The van der Waals surface area contributed by atoms with Gasteiger partial charge in [-0.1, -0.05) is 30.3 Å². The molecule has 2 aliphatic heterocycles. The third kappa shape index (κ3) is 2.28. The second-order valence-electron chi connectivity index (χ2n) is 6.45. The summed E-state index contributed by atoms with van der Waals surface area (Å²) in [4.78, 5) is 26.8. The number of carbonyl (C=O) groups is 2. The molecular weight excluding hydrogens is 307 g/mol. The zero-order chi connectivity index (χ0) is 16.7. The molecule has 2 amide bonds. The first-order chi connectivity index (χ1) is 11.6. The molecule has 1 atom stereocenters. The normalized spacial score (nSPS) is 21.9. The van der Waals surface area contributed by atoms with Crippen LogP contribution < -0.4 is 5.32 Å². The summed E-state index contributed by atoms with van der Waals surface area (Å²) in [6.07, 6.45) is 0.766. The molecule has 4 nitrogen and oxygen atoms in total. The van der Waals surface area contributed by atoms with E-state index in [1.807, 2.05) is 24.3 Å². The first kappa shape index (κ1) is 14.9. The lowest BCUT2D eigenvalue weighted by molar-refractivity contribution is -0.129. The summed E-state index contributed by atoms with van der Waals surface area (Å²) in [5, 5.41) is 2.92. The van der Waals surface area contributed by atoms with Gasteiger partial charge in [0.1, 0.15) is 5.82 Å². The molecule has 0 radical (unpaired) electrons. The van der Waals surface area contributed by atoms with Crippen LogP contribution in [0.15, 0.2) is 48.5 Å². The maximum Gasteiger partial charge on any atom is 0.236 e. The molecule has 4 rings (SSSR count). The average Bonchev–Trinajstić information content (AvgIpc) is 3.12. The van der Waals surface area contributed by atoms with E-state index < -0.39 is 5.41 Å². The number of rotatable bonds is 2. The minimum atomic E-state index is -0.645. The number of carbonyl (C=O) groups excluding carboxylic acids is 2. The maximum absolute atomic E-state index is 13.3. The van der Waals surface area contributed by atoms with Crippen molar-refractivity contribution >= 4 is 17.5 Å². The molecule has 0 aromatic heterocycles. The van der Waals surface area contributed by atoms with E-state index in [0.717, 1.165) is 11.3 Å². The summed E-state index contributed by atoms with van der Waals surface area (Å²) >= 11 is 0. The van der Waals surface area contributed by atoms with E-state index >= 15 is 0 Å². The number of halogens is 1. The highest BCUT2D eigenvalue weighted by Gasteiger charge is 2.51. The highest BCUT2D eigenvalue weighted by molar-refractivity contribution is 6.07. The highest BCUT2D eigenvalue weighted by atomic mass is 19.1. The second kappa shape index (κ2) is 5.44. The number of nitrogens with zero attached hydrogens (tertiary/aromatic N) is 1. The molecule has 2 aromatic rings. The molecule has 24 heavy (non-hydrogen) atoms. The zero-order valence-electron chi connectivity index (χ0n) is 13.1. The van der Waals surface area contributed by atoms with Crippen molar-refractivity contribution in [3.63, 3.8) is 0 Å². The number of hydrogen-bond acceptors (Lipinski definition) is 2. The number of nitrogens with one attached hydrogen (secondary N) is 1. The molecule has 1 saturated heterocycles.